The van der Waals surface area contributed by atoms with Crippen molar-refractivity contribution in [1.29, 1.82) is 0 Å². The van der Waals surface area contributed by atoms with Crippen LogP contribution in [0.1, 0.15) is 34.6 Å². The fourth-order valence-corrected chi connectivity index (χ4v) is 3.64. The average molecular weight is 325 g/mol. The molecular weight excluding hydrogens is 302 g/mol. The van der Waals surface area contributed by atoms with E-state index in [0.717, 1.165) is 18.6 Å². The van der Waals surface area contributed by atoms with Crippen LogP contribution in [0.25, 0.3) is 0 Å². The number of rotatable bonds is 5. The molecule has 0 heterocycles. The first-order valence-electron chi connectivity index (χ1n) is 8.28. The lowest BCUT2D eigenvalue weighted by molar-refractivity contribution is -0.139. The van der Waals surface area contributed by atoms with Crippen LogP contribution >= 0.6 is 0 Å². The molecule has 3 rings (SSSR count). The number of carboxylic acid groups (broad SMARTS) is 1. The molecule has 1 aliphatic carbocycles. The molecule has 0 bridgehead atoms. The number of benzene rings is 2. The van der Waals surface area contributed by atoms with Crippen molar-refractivity contribution in [2.75, 3.05) is 14.2 Å². The molecule has 2 unspecified atom stereocenters. The highest BCUT2D eigenvalue weighted by Gasteiger charge is 2.28. The lowest BCUT2D eigenvalue weighted by atomic mass is 9.83. The fraction of sp³-hybridized carbons (Fsp3) is 0.350. The van der Waals surface area contributed by atoms with E-state index in [1.807, 2.05) is 12.1 Å². The van der Waals surface area contributed by atoms with Crippen molar-refractivity contribution in [1.82, 2.24) is 5.32 Å². The summed E-state index contributed by atoms with van der Waals surface area (Å²) in [5.41, 5.74) is 5.00. The van der Waals surface area contributed by atoms with Crippen molar-refractivity contribution >= 4 is 5.97 Å². The van der Waals surface area contributed by atoms with Crippen LogP contribution in [0.2, 0.25) is 0 Å². The largest absolute Gasteiger partial charge is 0.497 e. The number of hydrogen-bond acceptors (Lipinski definition) is 3. The summed E-state index contributed by atoms with van der Waals surface area (Å²) in [5, 5.41) is 12.4. The quantitative estimate of drug-likeness (QED) is 0.887. The Morgan fingerprint density at radius 2 is 1.92 bits per heavy atom. The summed E-state index contributed by atoms with van der Waals surface area (Å²) < 4.78 is 5.37. The highest BCUT2D eigenvalue weighted by atomic mass is 16.5. The van der Waals surface area contributed by atoms with Crippen molar-refractivity contribution in [2.24, 2.45) is 0 Å². The molecule has 2 atom stereocenters. The molecule has 0 aliphatic heterocycles. The van der Waals surface area contributed by atoms with Gasteiger partial charge in [0.05, 0.1) is 7.11 Å². The van der Waals surface area contributed by atoms with Crippen LogP contribution in [-0.2, 0) is 17.6 Å². The Bertz CT molecular complexity index is 741. The second kappa shape index (κ2) is 7.05. The predicted molar refractivity (Wildman–Crippen MR) is 93.8 cm³/mol. The van der Waals surface area contributed by atoms with Gasteiger partial charge in [-0.25, -0.2) is 0 Å². The topological polar surface area (TPSA) is 58.6 Å². The first-order valence-corrected chi connectivity index (χ1v) is 8.28. The van der Waals surface area contributed by atoms with E-state index in [0.29, 0.717) is 6.42 Å². The lowest BCUT2D eigenvalue weighted by Gasteiger charge is -2.24. The van der Waals surface area contributed by atoms with E-state index < -0.39 is 12.0 Å². The molecule has 0 saturated heterocycles. The third-order valence-electron chi connectivity index (χ3n) is 4.94. The van der Waals surface area contributed by atoms with Gasteiger partial charge < -0.3 is 15.2 Å². The lowest BCUT2D eigenvalue weighted by Crippen LogP contribution is -2.35. The van der Waals surface area contributed by atoms with Gasteiger partial charge in [0.2, 0.25) is 0 Å². The third kappa shape index (κ3) is 3.15. The van der Waals surface area contributed by atoms with Crippen LogP contribution in [0, 0.1) is 0 Å². The molecule has 2 aromatic rings. The number of ether oxygens (including phenoxy) is 1. The van der Waals surface area contributed by atoms with E-state index in [1.54, 1.807) is 14.2 Å². The normalized spacial score (nSPS) is 17.3. The maximum atomic E-state index is 11.5. The van der Waals surface area contributed by atoms with Crippen molar-refractivity contribution < 1.29 is 14.6 Å². The van der Waals surface area contributed by atoms with Crippen molar-refractivity contribution in [3.8, 4) is 5.75 Å². The zero-order valence-electron chi connectivity index (χ0n) is 14.1. The summed E-state index contributed by atoms with van der Waals surface area (Å²) in [6.45, 7) is 0. The Kier molecular flexibility index (Phi) is 4.86. The van der Waals surface area contributed by atoms with Crippen LogP contribution in [0.4, 0.5) is 0 Å². The number of carbonyl (C=O) groups is 1. The summed E-state index contributed by atoms with van der Waals surface area (Å²) in [4.78, 5) is 11.5. The third-order valence-corrected chi connectivity index (χ3v) is 4.94. The molecule has 0 amide bonds. The van der Waals surface area contributed by atoms with E-state index in [4.69, 9.17) is 4.74 Å². The molecule has 0 radical (unpaired) electrons. The SMILES string of the molecule is CNC(CC1c2ccccc2CCc2cc(OC)ccc21)C(=O)O. The molecule has 4 nitrogen and oxygen atoms in total. The van der Waals surface area contributed by atoms with Crippen molar-refractivity contribution in [2.45, 2.75) is 31.2 Å². The van der Waals surface area contributed by atoms with Gasteiger partial charge >= 0.3 is 5.97 Å². The van der Waals surface area contributed by atoms with E-state index in [9.17, 15) is 9.90 Å². The summed E-state index contributed by atoms with van der Waals surface area (Å²) in [7, 11) is 3.38. The minimum atomic E-state index is -0.811. The average Bonchev–Trinajstić information content (AvgIpc) is 2.75. The standard InChI is InChI=1S/C20H23NO3/c1-21-19(20(22)23)12-18-16-6-4-3-5-13(16)7-8-14-11-15(24-2)9-10-17(14)18/h3-6,9-11,18-19,21H,7-8,12H2,1-2H3,(H,22,23). The number of likely N-dealkylation sites (N-methyl/N-ethyl adjacent to an activating group) is 1. The summed E-state index contributed by atoms with van der Waals surface area (Å²) >= 11 is 0. The predicted octanol–water partition coefficient (Wildman–Crippen LogP) is 2.99. The second-order valence-electron chi connectivity index (χ2n) is 6.23. The molecule has 24 heavy (non-hydrogen) atoms. The minimum Gasteiger partial charge on any atom is -0.497 e. The van der Waals surface area contributed by atoms with Gasteiger partial charge in [-0.1, -0.05) is 30.3 Å². The van der Waals surface area contributed by atoms with Gasteiger partial charge in [-0.05, 0) is 60.7 Å². The number of hydrogen-bond donors (Lipinski definition) is 2. The molecule has 0 aromatic heterocycles. The Morgan fingerprint density at radius 3 is 2.62 bits per heavy atom. The van der Waals surface area contributed by atoms with E-state index in [-0.39, 0.29) is 5.92 Å². The number of carboxylic acids is 1. The van der Waals surface area contributed by atoms with Crippen LogP contribution < -0.4 is 10.1 Å². The molecule has 0 saturated carbocycles. The fourth-order valence-electron chi connectivity index (χ4n) is 3.64. The molecule has 2 aromatic carbocycles. The molecule has 0 spiro atoms. The monoisotopic (exact) mass is 325 g/mol. The van der Waals surface area contributed by atoms with Crippen molar-refractivity contribution in [3.05, 3.63) is 64.7 Å². The molecule has 2 N–H and O–H groups in total. The van der Waals surface area contributed by atoms with Gasteiger partial charge in [-0.15, -0.1) is 0 Å². The number of fused-ring (bicyclic) bond motifs is 2. The maximum Gasteiger partial charge on any atom is 0.320 e. The van der Waals surface area contributed by atoms with Crippen molar-refractivity contribution in [3.63, 3.8) is 0 Å². The van der Waals surface area contributed by atoms with Crippen LogP contribution in [0.3, 0.4) is 0 Å². The highest BCUT2D eigenvalue weighted by Crippen LogP contribution is 2.38. The molecule has 0 fully saturated rings. The van der Waals surface area contributed by atoms with Gasteiger partial charge in [-0.2, -0.15) is 0 Å². The number of methoxy groups -OCH3 is 1. The van der Waals surface area contributed by atoms with E-state index in [2.05, 4.69) is 35.6 Å². The minimum absolute atomic E-state index is 0.0677. The molecule has 1 aliphatic rings. The smallest absolute Gasteiger partial charge is 0.320 e. The van der Waals surface area contributed by atoms with Gasteiger partial charge in [0.1, 0.15) is 11.8 Å². The van der Waals surface area contributed by atoms with E-state index in [1.165, 1.54) is 22.3 Å². The van der Waals surface area contributed by atoms with Crippen LogP contribution in [0.15, 0.2) is 42.5 Å². The number of nitrogens with one attached hydrogen (secondary N) is 1. The Balaban J connectivity index is 2.08. The maximum absolute atomic E-state index is 11.5. The number of aliphatic carboxylic acids is 1. The van der Waals surface area contributed by atoms with Crippen LogP contribution in [0.5, 0.6) is 5.75 Å². The Labute approximate surface area is 142 Å². The zero-order chi connectivity index (χ0) is 17.1. The Morgan fingerprint density at radius 1 is 1.21 bits per heavy atom. The molecule has 126 valence electrons. The van der Waals surface area contributed by atoms with E-state index >= 15 is 0 Å². The van der Waals surface area contributed by atoms with Crippen LogP contribution in [-0.4, -0.2) is 31.3 Å². The summed E-state index contributed by atoms with van der Waals surface area (Å²) in [5.74, 6) is 0.106. The number of aryl methyl sites for hydroxylation is 2. The highest BCUT2D eigenvalue weighted by molar-refractivity contribution is 5.73. The first-order chi connectivity index (χ1) is 11.6. The first kappa shape index (κ1) is 16.5. The summed E-state index contributed by atoms with van der Waals surface area (Å²) in [6, 6.07) is 14.0. The van der Waals surface area contributed by atoms with Gasteiger partial charge in [0, 0.05) is 5.92 Å². The molecular formula is C20H23NO3. The van der Waals surface area contributed by atoms with Gasteiger partial charge in [0.15, 0.2) is 0 Å². The Hall–Kier alpha value is -2.33. The summed E-state index contributed by atoms with van der Waals surface area (Å²) in [6.07, 6.45) is 2.43. The van der Waals surface area contributed by atoms with Gasteiger partial charge in [-0.3, -0.25) is 4.79 Å². The second-order valence-corrected chi connectivity index (χ2v) is 6.23. The zero-order valence-corrected chi connectivity index (χ0v) is 14.1. The molecule has 4 heteroatoms. The van der Waals surface area contributed by atoms with Gasteiger partial charge in [0.25, 0.3) is 0 Å².